The van der Waals surface area contributed by atoms with Crippen molar-refractivity contribution in [1.29, 1.82) is 0 Å². The number of aliphatic hydroxyl groups is 1. The molecule has 0 saturated carbocycles. The average molecular weight is 249 g/mol. The second kappa shape index (κ2) is 5.21. The molecular weight excluding hydrogens is 236 g/mol. The molecule has 0 unspecified atom stereocenters. The third-order valence-corrected chi connectivity index (χ3v) is 2.87. The van der Waals surface area contributed by atoms with E-state index in [0.29, 0.717) is 16.3 Å². The summed E-state index contributed by atoms with van der Waals surface area (Å²) in [7, 11) is 0. The largest absolute Gasteiger partial charge is 0.457 e. The Balaban J connectivity index is 2.25. The summed E-state index contributed by atoms with van der Waals surface area (Å²) in [4.78, 5) is 0. The maximum Gasteiger partial charge on any atom is 0.130 e. The zero-order valence-corrected chi connectivity index (χ0v) is 10.2. The fourth-order valence-corrected chi connectivity index (χ4v) is 1.75. The lowest BCUT2D eigenvalue weighted by Crippen LogP contribution is -1.89. The zero-order chi connectivity index (χ0) is 12.3. The molecular formula is C14H13ClO2. The van der Waals surface area contributed by atoms with Crippen LogP contribution in [0.3, 0.4) is 0 Å². The van der Waals surface area contributed by atoms with Crippen molar-refractivity contribution in [2.75, 3.05) is 0 Å². The van der Waals surface area contributed by atoms with Crippen molar-refractivity contribution in [3.63, 3.8) is 0 Å². The molecule has 3 heteroatoms. The Kier molecular flexibility index (Phi) is 3.67. The number of hydrogen-bond acceptors (Lipinski definition) is 2. The van der Waals surface area contributed by atoms with Crippen LogP contribution in [-0.2, 0) is 6.61 Å². The molecule has 0 spiro atoms. The number of aryl methyl sites for hydroxylation is 1. The van der Waals surface area contributed by atoms with E-state index < -0.39 is 0 Å². The van der Waals surface area contributed by atoms with Crippen LogP contribution in [0.4, 0.5) is 0 Å². The van der Waals surface area contributed by atoms with E-state index in [0.717, 1.165) is 11.3 Å². The summed E-state index contributed by atoms with van der Waals surface area (Å²) in [6, 6.07) is 13.0. The first kappa shape index (κ1) is 12.0. The highest BCUT2D eigenvalue weighted by molar-refractivity contribution is 6.31. The highest BCUT2D eigenvalue weighted by Crippen LogP contribution is 2.28. The van der Waals surface area contributed by atoms with Crippen LogP contribution in [0.15, 0.2) is 42.5 Å². The van der Waals surface area contributed by atoms with E-state index in [1.54, 1.807) is 18.2 Å². The molecule has 0 heterocycles. The molecule has 2 rings (SSSR count). The SMILES string of the molecule is Cc1ccccc1Oc1ccc(CO)c(Cl)c1. The molecule has 88 valence electrons. The number of rotatable bonds is 3. The van der Waals surface area contributed by atoms with Crippen LogP contribution < -0.4 is 4.74 Å². The third kappa shape index (κ3) is 2.78. The van der Waals surface area contributed by atoms with Gasteiger partial charge >= 0.3 is 0 Å². The number of halogens is 1. The molecule has 0 aliphatic heterocycles. The molecule has 0 atom stereocenters. The summed E-state index contributed by atoms with van der Waals surface area (Å²) in [6.07, 6.45) is 0. The Hall–Kier alpha value is -1.51. The number of para-hydroxylation sites is 1. The van der Waals surface area contributed by atoms with Gasteiger partial charge in [0, 0.05) is 5.02 Å². The Labute approximate surface area is 105 Å². The first-order valence-electron chi connectivity index (χ1n) is 5.33. The minimum atomic E-state index is -0.0660. The van der Waals surface area contributed by atoms with E-state index >= 15 is 0 Å². The Bertz CT molecular complexity index is 523. The number of ether oxygens (including phenoxy) is 1. The normalized spacial score (nSPS) is 10.3. The van der Waals surface area contributed by atoms with Gasteiger partial charge in [-0.25, -0.2) is 0 Å². The van der Waals surface area contributed by atoms with Gasteiger partial charge in [0.15, 0.2) is 0 Å². The van der Waals surface area contributed by atoms with Crippen molar-refractivity contribution < 1.29 is 9.84 Å². The van der Waals surface area contributed by atoms with Crippen molar-refractivity contribution in [1.82, 2.24) is 0 Å². The van der Waals surface area contributed by atoms with Crippen LogP contribution in [-0.4, -0.2) is 5.11 Å². The van der Waals surface area contributed by atoms with Gasteiger partial charge in [0.25, 0.3) is 0 Å². The molecule has 0 aromatic heterocycles. The summed E-state index contributed by atoms with van der Waals surface area (Å²) >= 11 is 6.00. The molecule has 0 aliphatic rings. The van der Waals surface area contributed by atoms with Gasteiger partial charge in [-0.15, -0.1) is 0 Å². The number of hydrogen-bond donors (Lipinski definition) is 1. The van der Waals surface area contributed by atoms with Crippen molar-refractivity contribution in [2.45, 2.75) is 13.5 Å². The van der Waals surface area contributed by atoms with Crippen LogP contribution in [0.25, 0.3) is 0 Å². The smallest absolute Gasteiger partial charge is 0.130 e. The van der Waals surface area contributed by atoms with E-state index in [1.807, 2.05) is 31.2 Å². The van der Waals surface area contributed by atoms with Gasteiger partial charge in [-0.3, -0.25) is 0 Å². The highest BCUT2D eigenvalue weighted by atomic mass is 35.5. The van der Waals surface area contributed by atoms with Crippen molar-refractivity contribution in [3.8, 4) is 11.5 Å². The molecule has 1 N–H and O–H groups in total. The number of aliphatic hydroxyl groups excluding tert-OH is 1. The van der Waals surface area contributed by atoms with Crippen molar-refractivity contribution >= 4 is 11.6 Å². The van der Waals surface area contributed by atoms with Crippen LogP contribution >= 0.6 is 11.6 Å². The summed E-state index contributed by atoms with van der Waals surface area (Å²) in [5, 5.41) is 9.53. The molecule has 0 radical (unpaired) electrons. The van der Waals surface area contributed by atoms with Gasteiger partial charge in [-0.2, -0.15) is 0 Å². The minimum Gasteiger partial charge on any atom is -0.457 e. The van der Waals surface area contributed by atoms with Gasteiger partial charge in [0.1, 0.15) is 11.5 Å². The van der Waals surface area contributed by atoms with E-state index in [1.165, 1.54) is 0 Å². The lowest BCUT2D eigenvalue weighted by atomic mass is 10.2. The van der Waals surface area contributed by atoms with Crippen LogP contribution in [0.1, 0.15) is 11.1 Å². The minimum absolute atomic E-state index is 0.0660. The fraction of sp³-hybridized carbons (Fsp3) is 0.143. The van der Waals surface area contributed by atoms with E-state index in [9.17, 15) is 0 Å². The molecule has 17 heavy (non-hydrogen) atoms. The topological polar surface area (TPSA) is 29.5 Å². The monoisotopic (exact) mass is 248 g/mol. The van der Waals surface area contributed by atoms with Gasteiger partial charge in [-0.1, -0.05) is 35.9 Å². The average Bonchev–Trinajstić information content (AvgIpc) is 2.32. The quantitative estimate of drug-likeness (QED) is 0.892. The second-order valence-corrected chi connectivity index (χ2v) is 4.19. The lowest BCUT2D eigenvalue weighted by molar-refractivity contribution is 0.282. The van der Waals surface area contributed by atoms with Crippen LogP contribution in [0, 0.1) is 6.92 Å². The molecule has 2 aromatic rings. The molecule has 0 aliphatic carbocycles. The first-order chi connectivity index (χ1) is 8.20. The molecule has 0 fully saturated rings. The maximum atomic E-state index is 9.02. The summed E-state index contributed by atoms with van der Waals surface area (Å²) in [6.45, 7) is 1.92. The number of benzene rings is 2. The lowest BCUT2D eigenvalue weighted by Gasteiger charge is -2.09. The molecule has 2 nitrogen and oxygen atoms in total. The highest BCUT2D eigenvalue weighted by Gasteiger charge is 2.04. The predicted molar refractivity (Wildman–Crippen MR) is 68.6 cm³/mol. The summed E-state index contributed by atoms with van der Waals surface area (Å²) < 4.78 is 5.72. The molecule has 0 amide bonds. The van der Waals surface area contributed by atoms with Gasteiger partial charge < -0.3 is 9.84 Å². The van der Waals surface area contributed by atoms with Gasteiger partial charge in [-0.05, 0) is 36.2 Å². The molecule has 0 saturated heterocycles. The fourth-order valence-electron chi connectivity index (χ4n) is 1.52. The van der Waals surface area contributed by atoms with Crippen molar-refractivity contribution in [3.05, 3.63) is 58.6 Å². The van der Waals surface area contributed by atoms with Crippen molar-refractivity contribution in [2.24, 2.45) is 0 Å². The summed E-state index contributed by atoms with van der Waals surface area (Å²) in [5.41, 5.74) is 1.76. The summed E-state index contributed by atoms with van der Waals surface area (Å²) in [5.74, 6) is 1.47. The second-order valence-electron chi connectivity index (χ2n) is 3.78. The standard InChI is InChI=1S/C14H13ClO2/c1-10-4-2-3-5-14(10)17-12-7-6-11(9-16)13(15)8-12/h2-8,16H,9H2,1H3. The van der Waals surface area contributed by atoms with Crippen LogP contribution in [0.2, 0.25) is 5.02 Å². The van der Waals surface area contributed by atoms with Gasteiger partial charge in [0.05, 0.1) is 6.61 Å². The van der Waals surface area contributed by atoms with E-state index in [4.69, 9.17) is 21.4 Å². The van der Waals surface area contributed by atoms with Gasteiger partial charge in [0.2, 0.25) is 0 Å². The Morgan fingerprint density at radius 1 is 1.18 bits per heavy atom. The zero-order valence-electron chi connectivity index (χ0n) is 9.48. The van der Waals surface area contributed by atoms with E-state index in [2.05, 4.69) is 0 Å². The Morgan fingerprint density at radius 2 is 1.94 bits per heavy atom. The Morgan fingerprint density at radius 3 is 2.59 bits per heavy atom. The first-order valence-corrected chi connectivity index (χ1v) is 5.71. The maximum absolute atomic E-state index is 9.02. The third-order valence-electron chi connectivity index (χ3n) is 2.52. The predicted octanol–water partition coefficient (Wildman–Crippen LogP) is 3.93. The van der Waals surface area contributed by atoms with E-state index in [-0.39, 0.29) is 6.61 Å². The molecule has 2 aromatic carbocycles. The molecule has 0 bridgehead atoms. The van der Waals surface area contributed by atoms with Crippen LogP contribution in [0.5, 0.6) is 11.5 Å².